The molecule has 1 heterocycles. The van der Waals surface area contributed by atoms with Crippen molar-refractivity contribution < 1.29 is 28.7 Å². The van der Waals surface area contributed by atoms with E-state index in [-0.39, 0.29) is 13.0 Å². The zero-order valence-corrected chi connectivity index (χ0v) is 17.2. The van der Waals surface area contributed by atoms with Gasteiger partial charge in [0, 0.05) is 12.0 Å². The number of para-hydroxylation sites is 2. The number of methoxy groups -OCH3 is 1. The number of ether oxygens (including phenoxy) is 2. The lowest BCUT2D eigenvalue weighted by Gasteiger charge is -2.17. The number of amides is 3. The van der Waals surface area contributed by atoms with Crippen LogP contribution in [0.3, 0.4) is 0 Å². The first-order valence-corrected chi connectivity index (χ1v) is 9.65. The summed E-state index contributed by atoms with van der Waals surface area (Å²) in [5.74, 6) is -2.37. The second-order valence-corrected chi connectivity index (χ2v) is 7.07. The number of carbonyl (C=O) groups excluding carboxylic acids is 4. The molecule has 0 radical (unpaired) electrons. The highest BCUT2D eigenvalue weighted by Crippen LogP contribution is 2.23. The van der Waals surface area contributed by atoms with Gasteiger partial charge < -0.3 is 14.8 Å². The molecule has 0 aliphatic carbocycles. The number of carbonyl (C=O) groups is 4. The average Bonchev–Trinajstić information content (AvgIpc) is 3.13. The Morgan fingerprint density at radius 3 is 2.52 bits per heavy atom. The van der Waals surface area contributed by atoms with Crippen LogP contribution in [0.2, 0.25) is 0 Å². The molecule has 1 fully saturated rings. The number of nitrogens with one attached hydrogen (secondary N) is 2. The van der Waals surface area contributed by atoms with Gasteiger partial charge in [-0.25, -0.2) is 0 Å². The van der Waals surface area contributed by atoms with E-state index in [1.165, 1.54) is 7.11 Å². The second kappa shape index (κ2) is 9.75. The Bertz CT molecular complexity index is 989. The fourth-order valence-corrected chi connectivity index (χ4v) is 3.05. The van der Waals surface area contributed by atoms with E-state index >= 15 is 0 Å². The van der Waals surface area contributed by atoms with Crippen molar-refractivity contribution >= 4 is 29.4 Å². The highest BCUT2D eigenvalue weighted by atomic mass is 16.5. The molecule has 2 N–H and O–H groups in total. The molecule has 162 valence electrons. The van der Waals surface area contributed by atoms with Crippen molar-refractivity contribution in [3.63, 3.8) is 0 Å². The van der Waals surface area contributed by atoms with Crippen LogP contribution in [0.1, 0.15) is 22.3 Å². The maximum Gasteiger partial charge on any atom is 0.311 e. The van der Waals surface area contributed by atoms with E-state index in [1.807, 2.05) is 6.92 Å². The van der Waals surface area contributed by atoms with Crippen molar-refractivity contribution in [3.05, 3.63) is 59.7 Å². The monoisotopic (exact) mass is 425 g/mol. The molecule has 0 bridgehead atoms. The van der Waals surface area contributed by atoms with Gasteiger partial charge in [-0.2, -0.15) is 0 Å². The predicted octanol–water partition coefficient (Wildman–Crippen LogP) is 1.68. The molecule has 0 aromatic heterocycles. The van der Waals surface area contributed by atoms with E-state index in [9.17, 15) is 19.2 Å². The minimum atomic E-state index is -0.773. The Hall–Kier alpha value is -3.88. The normalized spacial score (nSPS) is 15.4. The number of esters is 1. The highest BCUT2D eigenvalue weighted by molar-refractivity contribution is 5.97. The first kappa shape index (κ1) is 21.8. The highest BCUT2D eigenvalue weighted by Gasteiger charge is 2.36. The first-order chi connectivity index (χ1) is 14.9. The van der Waals surface area contributed by atoms with Crippen LogP contribution in [0, 0.1) is 12.8 Å². The summed E-state index contributed by atoms with van der Waals surface area (Å²) < 4.78 is 10.2. The third-order valence-corrected chi connectivity index (χ3v) is 4.74. The Morgan fingerprint density at radius 1 is 1.10 bits per heavy atom. The Kier molecular flexibility index (Phi) is 6.86. The van der Waals surface area contributed by atoms with Gasteiger partial charge in [-0.15, -0.1) is 0 Å². The summed E-state index contributed by atoms with van der Waals surface area (Å²) in [6.07, 6.45) is -0.110. The molecule has 1 aliphatic rings. The van der Waals surface area contributed by atoms with Crippen molar-refractivity contribution in [2.75, 3.05) is 25.6 Å². The van der Waals surface area contributed by atoms with Gasteiger partial charge in [-0.1, -0.05) is 29.8 Å². The minimum Gasteiger partial charge on any atom is -0.495 e. The average molecular weight is 425 g/mol. The lowest BCUT2D eigenvalue weighted by Crippen LogP contribution is -2.43. The van der Waals surface area contributed by atoms with Gasteiger partial charge >= 0.3 is 5.97 Å². The summed E-state index contributed by atoms with van der Waals surface area (Å²) in [7, 11) is 1.48. The maximum absolute atomic E-state index is 12.3. The third-order valence-electron chi connectivity index (χ3n) is 4.74. The summed E-state index contributed by atoms with van der Waals surface area (Å²) in [5.41, 5.74) is 4.36. The molecule has 1 aliphatic heterocycles. The fourth-order valence-electron chi connectivity index (χ4n) is 3.05. The van der Waals surface area contributed by atoms with Crippen LogP contribution in [-0.2, 0) is 19.1 Å². The second-order valence-electron chi connectivity index (χ2n) is 7.07. The van der Waals surface area contributed by atoms with Crippen molar-refractivity contribution in [3.8, 4) is 5.75 Å². The van der Waals surface area contributed by atoms with Crippen molar-refractivity contribution in [2.24, 2.45) is 5.92 Å². The van der Waals surface area contributed by atoms with Gasteiger partial charge in [0.2, 0.25) is 5.91 Å². The molecule has 2 aromatic rings. The number of hydrazine groups is 1. The molecule has 0 unspecified atom stereocenters. The first-order valence-electron chi connectivity index (χ1n) is 9.65. The zero-order valence-electron chi connectivity index (χ0n) is 17.2. The van der Waals surface area contributed by atoms with Crippen molar-refractivity contribution in [1.82, 2.24) is 10.4 Å². The van der Waals surface area contributed by atoms with E-state index in [0.717, 1.165) is 10.6 Å². The molecular formula is C22H23N3O6. The molecule has 1 atom stereocenters. The molecular weight excluding hydrogens is 402 g/mol. The molecule has 0 spiro atoms. The molecule has 3 rings (SSSR count). The number of nitrogens with zero attached hydrogens (tertiary/aromatic N) is 1. The summed E-state index contributed by atoms with van der Waals surface area (Å²) in [4.78, 5) is 48.8. The summed E-state index contributed by atoms with van der Waals surface area (Å²) in [6, 6.07) is 13.7. The van der Waals surface area contributed by atoms with E-state index in [0.29, 0.717) is 17.0 Å². The number of hydrogen-bond donors (Lipinski definition) is 2. The van der Waals surface area contributed by atoms with Crippen molar-refractivity contribution in [2.45, 2.75) is 13.3 Å². The van der Waals surface area contributed by atoms with E-state index in [4.69, 9.17) is 9.47 Å². The molecule has 31 heavy (non-hydrogen) atoms. The standard InChI is InChI=1S/C22H23N3O6/c1-14-7-9-15(10-8-14)21(28)24-25-12-16(11-20(25)27)22(29)31-13-19(26)23-17-5-3-4-6-18(17)30-2/h3-10,16H,11-13H2,1-2H3,(H,23,26)(H,24,28)/t16-/m1/s1. The van der Waals surface area contributed by atoms with E-state index in [2.05, 4.69) is 10.7 Å². The number of rotatable bonds is 7. The number of hydrogen-bond acceptors (Lipinski definition) is 6. The zero-order chi connectivity index (χ0) is 22.4. The maximum atomic E-state index is 12.3. The molecule has 9 heteroatoms. The molecule has 2 aromatic carbocycles. The van der Waals surface area contributed by atoms with Gasteiger partial charge in [0.1, 0.15) is 5.75 Å². The van der Waals surface area contributed by atoms with Gasteiger partial charge in [-0.3, -0.25) is 29.6 Å². The lowest BCUT2D eigenvalue weighted by molar-refractivity contribution is -0.151. The van der Waals surface area contributed by atoms with Gasteiger partial charge in [-0.05, 0) is 31.2 Å². The summed E-state index contributed by atoms with van der Waals surface area (Å²) in [6.45, 7) is 1.37. The Morgan fingerprint density at radius 2 is 1.81 bits per heavy atom. The molecule has 9 nitrogen and oxygen atoms in total. The van der Waals surface area contributed by atoms with E-state index < -0.39 is 36.2 Å². The van der Waals surface area contributed by atoms with Gasteiger partial charge in [0.25, 0.3) is 11.8 Å². The molecule has 0 saturated carbocycles. The third kappa shape index (κ3) is 5.59. The van der Waals surface area contributed by atoms with Crippen LogP contribution >= 0.6 is 0 Å². The van der Waals surface area contributed by atoms with Gasteiger partial charge in [0.05, 0.1) is 25.3 Å². The SMILES string of the molecule is COc1ccccc1NC(=O)COC(=O)[C@@H]1CC(=O)N(NC(=O)c2ccc(C)cc2)C1. The fraction of sp³-hybridized carbons (Fsp3) is 0.273. The van der Waals surface area contributed by atoms with Gasteiger partial charge in [0.15, 0.2) is 6.61 Å². The Labute approximate surface area is 179 Å². The number of anilines is 1. The lowest BCUT2D eigenvalue weighted by atomic mass is 10.1. The minimum absolute atomic E-state index is 0.0244. The van der Waals surface area contributed by atoms with Crippen LogP contribution in [0.4, 0.5) is 5.69 Å². The van der Waals surface area contributed by atoms with E-state index in [1.54, 1.807) is 48.5 Å². The van der Waals surface area contributed by atoms with Crippen LogP contribution in [0.5, 0.6) is 5.75 Å². The largest absolute Gasteiger partial charge is 0.495 e. The van der Waals surface area contributed by atoms with Crippen LogP contribution in [-0.4, -0.2) is 49.0 Å². The van der Waals surface area contributed by atoms with Crippen LogP contribution in [0.25, 0.3) is 0 Å². The number of aryl methyl sites for hydroxylation is 1. The predicted molar refractivity (Wildman–Crippen MR) is 111 cm³/mol. The van der Waals surface area contributed by atoms with Crippen LogP contribution in [0.15, 0.2) is 48.5 Å². The van der Waals surface area contributed by atoms with Crippen LogP contribution < -0.4 is 15.5 Å². The molecule has 3 amide bonds. The van der Waals surface area contributed by atoms with Crippen molar-refractivity contribution in [1.29, 1.82) is 0 Å². The molecule has 1 saturated heterocycles. The number of benzene rings is 2. The smallest absolute Gasteiger partial charge is 0.311 e. The quantitative estimate of drug-likeness (QED) is 0.653. The Balaban J connectivity index is 1.49. The summed E-state index contributed by atoms with van der Waals surface area (Å²) in [5, 5.41) is 3.70. The topological polar surface area (TPSA) is 114 Å². The summed E-state index contributed by atoms with van der Waals surface area (Å²) >= 11 is 0.